The number of para-hydroxylation sites is 1. The third-order valence-electron chi connectivity index (χ3n) is 4.50. The molecule has 0 fully saturated rings. The lowest BCUT2D eigenvalue weighted by atomic mass is 10.0. The van der Waals surface area contributed by atoms with Gasteiger partial charge < -0.3 is 9.30 Å². The van der Waals surface area contributed by atoms with Gasteiger partial charge in [0.25, 0.3) is 0 Å². The van der Waals surface area contributed by atoms with Crippen LogP contribution < -0.4 is 0 Å². The van der Waals surface area contributed by atoms with Gasteiger partial charge in [0.2, 0.25) is 0 Å². The Bertz CT molecular complexity index is 1060. The van der Waals surface area contributed by atoms with E-state index in [0.29, 0.717) is 18.8 Å². The SMILES string of the molecule is CCOC(=O)c1cc2ccccc2n1Cc1cccc2ccccc12. The van der Waals surface area contributed by atoms with Crippen molar-refractivity contribution in [3.63, 3.8) is 0 Å². The average molecular weight is 329 g/mol. The molecule has 3 nitrogen and oxygen atoms in total. The molecule has 0 spiro atoms. The molecule has 0 unspecified atom stereocenters. The van der Waals surface area contributed by atoms with E-state index in [1.54, 1.807) is 0 Å². The molecular weight excluding hydrogens is 310 g/mol. The Morgan fingerprint density at radius 1 is 0.920 bits per heavy atom. The zero-order valence-electron chi connectivity index (χ0n) is 14.1. The molecule has 0 aliphatic carbocycles. The van der Waals surface area contributed by atoms with Gasteiger partial charge in [-0.2, -0.15) is 0 Å². The van der Waals surface area contributed by atoms with Gasteiger partial charge in [-0.25, -0.2) is 4.79 Å². The molecule has 0 amide bonds. The van der Waals surface area contributed by atoms with Crippen molar-refractivity contribution >= 4 is 27.6 Å². The molecule has 0 bridgehead atoms. The van der Waals surface area contributed by atoms with Crippen molar-refractivity contribution in [1.29, 1.82) is 0 Å². The minimum atomic E-state index is -0.279. The van der Waals surface area contributed by atoms with Crippen LogP contribution in [-0.2, 0) is 11.3 Å². The lowest BCUT2D eigenvalue weighted by Gasteiger charge is -2.12. The second-order valence-corrected chi connectivity index (χ2v) is 6.03. The summed E-state index contributed by atoms with van der Waals surface area (Å²) in [5, 5.41) is 3.46. The Balaban J connectivity index is 1.87. The fourth-order valence-corrected chi connectivity index (χ4v) is 3.36. The largest absolute Gasteiger partial charge is 0.461 e. The van der Waals surface area contributed by atoms with Gasteiger partial charge in [0.1, 0.15) is 5.69 Å². The van der Waals surface area contributed by atoms with Gasteiger partial charge in [-0.3, -0.25) is 0 Å². The zero-order valence-corrected chi connectivity index (χ0v) is 14.1. The van der Waals surface area contributed by atoms with E-state index >= 15 is 0 Å². The van der Waals surface area contributed by atoms with Crippen LogP contribution in [0.3, 0.4) is 0 Å². The van der Waals surface area contributed by atoms with Crippen LogP contribution in [0.2, 0.25) is 0 Å². The van der Waals surface area contributed by atoms with E-state index in [1.807, 2.05) is 49.4 Å². The number of rotatable bonds is 4. The molecule has 25 heavy (non-hydrogen) atoms. The molecule has 124 valence electrons. The maximum absolute atomic E-state index is 12.4. The Morgan fingerprint density at radius 2 is 1.64 bits per heavy atom. The van der Waals surface area contributed by atoms with Crippen LogP contribution in [0.1, 0.15) is 23.0 Å². The highest BCUT2D eigenvalue weighted by molar-refractivity contribution is 5.96. The smallest absolute Gasteiger partial charge is 0.354 e. The first-order valence-electron chi connectivity index (χ1n) is 8.50. The first-order valence-corrected chi connectivity index (χ1v) is 8.50. The number of carbonyl (C=O) groups is 1. The molecule has 0 radical (unpaired) electrons. The van der Waals surface area contributed by atoms with Crippen LogP contribution in [0.4, 0.5) is 0 Å². The molecular formula is C22H19NO2. The first-order chi connectivity index (χ1) is 12.3. The molecule has 4 rings (SSSR count). The van der Waals surface area contributed by atoms with Crippen LogP contribution >= 0.6 is 0 Å². The van der Waals surface area contributed by atoms with Crippen molar-refractivity contribution in [3.05, 3.63) is 84.1 Å². The predicted octanol–water partition coefficient (Wildman–Crippen LogP) is 5.02. The maximum atomic E-state index is 12.4. The van der Waals surface area contributed by atoms with E-state index in [4.69, 9.17) is 4.74 Å². The molecule has 0 saturated carbocycles. The summed E-state index contributed by atoms with van der Waals surface area (Å²) in [6.45, 7) is 2.83. The number of benzene rings is 3. The second kappa shape index (κ2) is 6.44. The number of esters is 1. The number of hydrogen-bond acceptors (Lipinski definition) is 2. The van der Waals surface area contributed by atoms with Gasteiger partial charge in [-0.1, -0.05) is 60.7 Å². The zero-order chi connectivity index (χ0) is 17.2. The van der Waals surface area contributed by atoms with Crippen molar-refractivity contribution in [3.8, 4) is 0 Å². The van der Waals surface area contributed by atoms with Gasteiger partial charge in [0, 0.05) is 17.4 Å². The van der Waals surface area contributed by atoms with Crippen LogP contribution in [0.5, 0.6) is 0 Å². The van der Waals surface area contributed by atoms with Gasteiger partial charge in [-0.15, -0.1) is 0 Å². The molecule has 0 aliphatic rings. The number of ether oxygens (including phenoxy) is 1. The normalized spacial score (nSPS) is 11.1. The minimum absolute atomic E-state index is 0.279. The Hall–Kier alpha value is -3.07. The number of aromatic nitrogens is 1. The van der Waals surface area contributed by atoms with Crippen molar-refractivity contribution in [2.45, 2.75) is 13.5 Å². The summed E-state index contributed by atoms with van der Waals surface area (Å²) >= 11 is 0. The third kappa shape index (κ3) is 2.78. The Labute approximate surface area is 146 Å². The van der Waals surface area contributed by atoms with Gasteiger partial charge in [-0.05, 0) is 35.4 Å². The van der Waals surface area contributed by atoms with E-state index in [9.17, 15) is 4.79 Å². The van der Waals surface area contributed by atoms with Gasteiger partial charge >= 0.3 is 5.97 Å². The number of hydrogen-bond donors (Lipinski definition) is 0. The summed E-state index contributed by atoms with van der Waals surface area (Å²) < 4.78 is 7.31. The van der Waals surface area contributed by atoms with Crippen LogP contribution in [0.15, 0.2) is 72.8 Å². The molecule has 0 saturated heterocycles. The van der Waals surface area contributed by atoms with E-state index in [0.717, 1.165) is 10.9 Å². The number of carbonyl (C=O) groups excluding carboxylic acids is 1. The van der Waals surface area contributed by atoms with Crippen LogP contribution in [0.25, 0.3) is 21.7 Å². The molecule has 0 aliphatic heterocycles. The molecule has 4 aromatic rings. The monoisotopic (exact) mass is 329 g/mol. The fourth-order valence-electron chi connectivity index (χ4n) is 3.36. The van der Waals surface area contributed by atoms with Crippen molar-refractivity contribution < 1.29 is 9.53 Å². The number of fused-ring (bicyclic) bond motifs is 2. The van der Waals surface area contributed by atoms with E-state index in [-0.39, 0.29) is 5.97 Å². The lowest BCUT2D eigenvalue weighted by Crippen LogP contribution is -2.13. The van der Waals surface area contributed by atoms with Crippen molar-refractivity contribution in [1.82, 2.24) is 4.57 Å². The number of nitrogens with zero attached hydrogens (tertiary/aromatic N) is 1. The average Bonchev–Trinajstić information content (AvgIpc) is 3.01. The summed E-state index contributed by atoms with van der Waals surface area (Å²) in [6, 6.07) is 24.6. The van der Waals surface area contributed by atoms with E-state index in [1.165, 1.54) is 16.3 Å². The van der Waals surface area contributed by atoms with Crippen molar-refractivity contribution in [2.75, 3.05) is 6.61 Å². The highest BCUT2D eigenvalue weighted by atomic mass is 16.5. The molecule has 1 heterocycles. The van der Waals surface area contributed by atoms with E-state index < -0.39 is 0 Å². The highest BCUT2D eigenvalue weighted by Crippen LogP contribution is 2.25. The first kappa shape index (κ1) is 15.5. The molecule has 0 atom stereocenters. The van der Waals surface area contributed by atoms with E-state index in [2.05, 4.69) is 34.9 Å². The van der Waals surface area contributed by atoms with Crippen LogP contribution in [0, 0.1) is 0 Å². The topological polar surface area (TPSA) is 31.2 Å². The van der Waals surface area contributed by atoms with Crippen LogP contribution in [-0.4, -0.2) is 17.1 Å². The highest BCUT2D eigenvalue weighted by Gasteiger charge is 2.17. The molecule has 3 heteroatoms. The third-order valence-corrected chi connectivity index (χ3v) is 4.50. The lowest BCUT2D eigenvalue weighted by molar-refractivity contribution is 0.0515. The molecule has 1 aromatic heterocycles. The summed E-state index contributed by atoms with van der Waals surface area (Å²) in [5.74, 6) is -0.279. The Kier molecular flexibility index (Phi) is 3.98. The summed E-state index contributed by atoms with van der Waals surface area (Å²) in [4.78, 5) is 12.4. The van der Waals surface area contributed by atoms with Gasteiger partial charge in [0.05, 0.1) is 6.61 Å². The minimum Gasteiger partial charge on any atom is -0.461 e. The summed E-state index contributed by atoms with van der Waals surface area (Å²) in [6.07, 6.45) is 0. The predicted molar refractivity (Wildman–Crippen MR) is 101 cm³/mol. The molecule has 3 aromatic carbocycles. The molecule has 0 N–H and O–H groups in total. The quantitative estimate of drug-likeness (QED) is 0.492. The van der Waals surface area contributed by atoms with Crippen molar-refractivity contribution in [2.24, 2.45) is 0 Å². The summed E-state index contributed by atoms with van der Waals surface area (Å²) in [7, 11) is 0. The summed E-state index contributed by atoms with van der Waals surface area (Å²) in [5.41, 5.74) is 2.82. The Morgan fingerprint density at radius 3 is 2.48 bits per heavy atom. The standard InChI is InChI=1S/C22H19NO2/c1-2-25-22(24)21-14-17-9-4-6-13-20(17)23(21)15-18-11-7-10-16-8-3-5-12-19(16)18/h3-14H,2,15H2,1H3. The second-order valence-electron chi connectivity index (χ2n) is 6.03. The fraction of sp³-hybridized carbons (Fsp3) is 0.136. The van der Waals surface area contributed by atoms with Gasteiger partial charge in [0.15, 0.2) is 0 Å². The maximum Gasteiger partial charge on any atom is 0.354 e.